The van der Waals surface area contributed by atoms with Crippen LogP contribution >= 0.6 is 22.3 Å². The fourth-order valence-electron chi connectivity index (χ4n) is 1.61. The van der Waals surface area contributed by atoms with Crippen LogP contribution in [-0.2, 0) is 16.1 Å². The molecule has 0 radical (unpaired) electrons. The quantitative estimate of drug-likeness (QED) is 0.799. The summed E-state index contributed by atoms with van der Waals surface area (Å²) in [7, 11) is 2.88. The molecule has 0 saturated heterocycles. The van der Waals surface area contributed by atoms with Gasteiger partial charge in [0, 0.05) is 28.3 Å². The Morgan fingerprint density at radius 2 is 1.94 bits per heavy atom. The van der Waals surface area contributed by atoms with Gasteiger partial charge in [0.1, 0.15) is 0 Å². The fraction of sp³-hybridized carbons (Fsp3) is 0.200. The lowest BCUT2D eigenvalue weighted by atomic mass is 10.1. The molecular formula is C10H9Cl2N3O2S. The summed E-state index contributed by atoms with van der Waals surface area (Å²) in [5, 5.41) is 7.71. The maximum atomic E-state index is 11.3. The van der Waals surface area contributed by atoms with E-state index >= 15 is 0 Å². The van der Waals surface area contributed by atoms with E-state index in [4.69, 9.17) is 22.3 Å². The highest BCUT2D eigenvalue weighted by molar-refractivity contribution is 8.13. The van der Waals surface area contributed by atoms with E-state index in [-0.39, 0.29) is 5.16 Å². The summed E-state index contributed by atoms with van der Waals surface area (Å²) < 4.78 is 23.9. The van der Waals surface area contributed by atoms with E-state index in [1.165, 1.54) is 11.6 Å². The lowest BCUT2D eigenvalue weighted by Crippen LogP contribution is -2.03. The van der Waals surface area contributed by atoms with Gasteiger partial charge in [-0.2, -0.15) is 0 Å². The largest absolute Gasteiger partial charge is 0.300 e. The van der Waals surface area contributed by atoms with Gasteiger partial charge in [0.15, 0.2) is 5.82 Å². The van der Waals surface area contributed by atoms with Crippen molar-refractivity contribution >= 4 is 31.3 Å². The molecule has 0 saturated carbocycles. The van der Waals surface area contributed by atoms with Crippen LogP contribution in [0.5, 0.6) is 0 Å². The van der Waals surface area contributed by atoms with Crippen molar-refractivity contribution in [3.63, 3.8) is 0 Å². The van der Waals surface area contributed by atoms with Crippen molar-refractivity contribution in [1.82, 2.24) is 14.8 Å². The highest BCUT2D eigenvalue weighted by atomic mass is 35.7. The number of nitrogens with zero attached hydrogens (tertiary/aromatic N) is 3. The first-order valence-corrected chi connectivity index (χ1v) is 7.60. The van der Waals surface area contributed by atoms with Crippen LogP contribution < -0.4 is 0 Å². The monoisotopic (exact) mass is 305 g/mol. The second-order valence-electron chi connectivity index (χ2n) is 3.72. The van der Waals surface area contributed by atoms with E-state index in [0.717, 1.165) is 5.56 Å². The molecule has 2 rings (SSSR count). The second-order valence-corrected chi connectivity index (χ2v) is 6.58. The van der Waals surface area contributed by atoms with Crippen molar-refractivity contribution < 1.29 is 8.42 Å². The lowest BCUT2D eigenvalue weighted by molar-refractivity contribution is 0.593. The molecule has 1 aromatic carbocycles. The summed E-state index contributed by atoms with van der Waals surface area (Å²) in [5.74, 6) is 0.397. The normalized spacial score (nSPS) is 11.8. The van der Waals surface area contributed by atoms with Gasteiger partial charge in [-0.25, -0.2) is 8.42 Å². The summed E-state index contributed by atoms with van der Waals surface area (Å²) >= 11 is 6.01. The van der Waals surface area contributed by atoms with Gasteiger partial charge in [0.25, 0.3) is 14.2 Å². The van der Waals surface area contributed by atoms with Crippen LogP contribution in [0.15, 0.2) is 23.4 Å². The zero-order chi connectivity index (χ0) is 13.5. The Morgan fingerprint density at radius 3 is 2.50 bits per heavy atom. The number of hydrogen-bond acceptors (Lipinski definition) is 4. The molecule has 2 aromatic rings. The molecule has 0 bridgehead atoms. The van der Waals surface area contributed by atoms with Crippen LogP contribution in [0.1, 0.15) is 5.56 Å². The molecule has 0 unspecified atom stereocenters. The molecule has 0 N–H and O–H groups in total. The molecule has 0 amide bonds. The van der Waals surface area contributed by atoms with Gasteiger partial charge in [0.05, 0.1) is 0 Å². The third-order valence-electron chi connectivity index (χ3n) is 2.56. The van der Waals surface area contributed by atoms with Gasteiger partial charge in [0.2, 0.25) is 0 Å². The Hall–Kier alpha value is -1.11. The molecular weight excluding hydrogens is 297 g/mol. The van der Waals surface area contributed by atoms with E-state index in [2.05, 4.69) is 10.2 Å². The molecule has 0 fully saturated rings. The summed E-state index contributed by atoms with van der Waals surface area (Å²) in [4.78, 5) is 0. The molecule has 0 spiro atoms. The SMILES string of the molecule is Cc1c(Cl)cccc1-c1nnc(S(=O)(=O)Cl)n1C. The molecule has 5 nitrogen and oxygen atoms in total. The Bertz CT molecular complexity index is 710. The van der Waals surface area contributed by atoms with Crippen molar-refractivity contribution in [3.8, 4) is 11.4 Å². The molecule has 0 aliphatic heterocycles. The van der Waals surface area contributed by atoms with Gasteiger partial charge in [-0.3, -0.25) is 4.57 Å². The first-order chi connectivity index (χ1) is 8.32. The topological polar surface area (TPSA) is 64.8 Å². The standard InChI is InChI=1S/C10H9Cl2N3O2S/c1-6-7(4-3-5-8(6)11)9-13-14-10(15(9)2)18(12,16)17/h3-5H,1-2H3. The van der Waals surface area contributed by atoms with Gasteiger partial charge in [-0.15, -0.1) is 10.2 Å². The van der Waals surface area contributed by atoms with Gasteiger partial charge in [-0.1, -0.05) is 23.7 Å². The van der Waals surface area contributed by atoms with E-state index in [1.807, 2.05) is 6.92 Å². The van der Waals surface area contributed by atoms with Crippen LogP contribution in [0.2, 0.25) is 5.02 Å². The summed E-state index contributed by atoms with van der Waals surface area (Å²) in [6.45, 7) is 1.82. The van der Waals surface area contributed by atoms with E-state index in [9.17, 15) is 8.42 Å². The Balaban J connectivity index is 2.67. The average Bonchev–Trinajstić information content (AvgIpc) is 2.64. The van der Waals surface area contributed by atoms with Gasteiger partial charge in [-0.05, 0) is 18.6 Å². The molecule has 1 aromatic heterocycles. The maximum absolute atomic E-state index is 11.3. The first-order valence-electron chi connectivity index (χ1n) is 4.92. The van der Waals surface area contributed by atoms with Gasteiger partial charge < -0.3 is 0 Å². The summed E-state index contributed by atoms with van der Waals surface area (Å²) in [6, 6.07) is 5.29. The zero-order valence-electron chi connectivity index (χ0n) is 9.55. The first kappa shape index (κ1) is 13.3. The third-order valence-corrected chi connectivity index (χ3v) is 4.18. The summed E-state index contributed by atoms with van der Waals surface area (Å²) in [5.41, 5.74) is 1.51. The third kappa shape index (κ3) is 2.23. The van der Waals surface area contributed by atoms with E-state index in [1.54, 1.807) is 18.2 Å². The van der Waals surface area contributed by atoms with Crippen molar-refractivity contribution in [2.45, 2.75) is 12.1 Å². The Kier molecular flexibility index (Phi) is 3.35. The van der Waals surface area contributed by atoms with Crippen LogP contribution in [-0.4, -0.2) is 23.2 Å². The van der Waals surface area contributed by atoms with Crippen molar-refractivity contribution in [1.29, 1.82) is 0 Å². The van der Waals surface area contributed by atoms with E-state index < -0.39 is 9.05 Å². The molecule has 0 atom stereocenters. The Morgan fingerprint density at radius 1 is 1.28 bits per heavy atom. The number of hydrogen-bond donors (Lipinski definition) is 0. The van der Waals surface area contributed by atoms with Crippen molar-refractivity contribution in [3.05, 3.63) is 28.8 Å². The molecule has 96 valence electrons. The predicted octanol–water partition coefficient (Wildman–Crippen LogP) is 2.37. The maximum Gasteiger partial charge on any atom is 0.296 e. The second kappa shape index (κ2) is 4.53. The van der Waals surface area contributed by atoms with Crippen LogP contribution in [0.25, 0.3) is 11.4 Å². The van der Waals surface area contributed by atoms with E-state index in [0.29, 0.717) is 16.4 Å². The minimum atomic E-state index is -3.92. The minimum absolute atomic E-state index is 0.293. The number of aromatic nitrogens is 3. The lowest BCUT2D eigenvalue weighted by Gasteiger charge is -2.06. The van der Waals surface area contributed by atoms with Gasteiger partial charge >= 0.3 is 0 Å². The molecule has 18 heavy (non-hydrogen) atoms. The molecule has 1 heterocycles. The van der Waals surface area contributed by atoms with Crippen LogP contribution in [0.4, 0.5) is 0 Å². The molecule has 0 aliphatic rings. The zero-order valence-corrected chi connectivity index (χ0v) is 11.9. The molecule has 0 aliphatic carbocycles. The smallest absolute Gasteiger partial charge is 0.296 e. The minimum Gasteiger partial charge on any atom is -0.300 e. The molecule has 8 heteroatoms. The Labute approximate surface area is 114 Å². The van der Waals surface area contributed by atoms with Crippen molar-refractivity contribution in [2.75, 3.05) is 0 Å². The highest BCUT2D eigenvalue weighted by Gasteiger charge is 2.21. The average molecular weight is 306 g/mol. The highest BCUT2D eigenvalue weighted by Crippen LogP contribution is 2.28. The van der Waals surface area contributed by atoms with Crippen LogP contribution in [0.3, 0.4) is 0 Å². The fourth-order valence-corrected chi connectivity index (χ4v) is 2.74. The van der Waals surface area contributed by atoms with Crippen LogP contribution in [0, 0.1) is 6.92 Å². The summed E-state index contributed by atoms with van der Waals surface area (Å²) in [6.07, 6.45) is 0. The number of benzene rings is 1. The van der Waals surface area contributed by atoms with Crippen molar-refractivity contribution in [2.24, 2.45) is 7.05 Å². The number of halogens is 2. The predicted molar refractivity (Wildman–Crippen MR) is 69.2 cm³/mol. The number of rotatable bonds is 2.